The lowest BCUT2D eigenvalue weighted by atomic mass is 10.0. The second-order valence-electron chi connectivity index (χ2n) is 5.10. The van der Waals surface area contributed by atoms with E-state index in [1.807, 2.05) is 19.9 Å². The van der Waals surface area contributed by atoms with E-state index in [1.165, 1.54) is 7.11 Å². The molecule has 1 aromatic rings. The van der Waals surface area contributed by atoms with Gasteiger partial charge in [0.15, 0.2) is 0 Å². The molecule has 1 aliphatic heterocycles. The highest BCUT2D eigenvalue weighted by Gasteiger charge is 2.22. The summed E-state index contributed by atoms with van der Waals surface area (Å²) in [5.41, 5.74) is 2.94. The van der Waals surface area contributed by atoms with Crippen LogP contribution in [-0.2, 0) is 9.53 Å². The van der Waals surface area contributed by atoms with Crippen LogP contribution in [0.25, 0.3) is 0 Å². The van der Waals surface area contributed by atoms with Gasteiger partial charge in [0.25, 0.3) is 0 Å². The zero-order valence-electron chi connectivity index (χ0n) is 12.1. The Bertz CT molecular complexity index is 534. The number of anilines is 1. The van der Waals surface area contributed by atoms with Gasteiger partial charge in [-0.05, 0) is 56.5 Å². The van der Waals surface area contributed by atoms with Crippen LogP contribution < -0.4 is 10.6 Å². The van der Waals surface area contributed by atoms with Gasteiger partial charge in [0.1, 0.15) is 0 Å². The smallest absolute Gasteiger partial charge is 0.338 e. The van der Waals surface area contributed by atoms with Crippen LogP contribution >= 0.6 is 0 Å². The number of benzene rings is 1. The van der Waals surface area contributed by atoms with Crippen molar-refractivity contribution in [2.45, 2.75) is 32.7 Å². The predicted molar refractivity (Wildman–Crippen MR) is 76.9 cm³/mol. The van der Waals surface area contributed by atoms with Crippen LogP contribution in [0, 0.1) is 13.8 Å². The summed E-state index contributed by atoms with van der Waals surface area (Å²) in [6.07, 6.45) is 1.86. The Labute approximate surface area is 118 Å². The molecule has 108 valence electrons. The Morgan fingerprint density at radius 1 is 1.35 bits per heavy atom. The highest BCUT2D eigenvalue weighted by molar-refractivity contribution is 5.98. The van der Waals surface area contributed by atoms with E-state index in [4.69, 9.17) is 4.74 Å². The number of nitrogens with one attached hydrogen (secondary N) is 2. The minimum atomic E-state index is -0.388. The van der Waals surface area contributed by atoms with Crippen molar-refractivity contribution in [1.29, 1.82) is 0 Å². The topological polar surface area (TPSA) is 67.4 Å². The Morgan fingerprint density at radius 3 is 2.70 bits per heavy atom. The zero-order chi connectivity index (χ0) is 14.7. The third-order valence-corrected chi connectivity index (χ3v) is 3.72. The molecule has 5 nitrogen and oxygen atoms in total. The van der Waals surface area contributed by atoms with Crippen molar-refractivity contribution in [2.75, 3.05) is 19.0 Å². The summed E-state index contributed by atoms with van der Waals surface area (Å²) in [6, 6.07) is 3.40. The van der Waals surface area contributed by atoms with Gasteiger partial charge >= 0.3 is 5.97 Å². The van der Waals surface area contributed by atoms with Crippen LogP contribution in [-0.4, -0.2) is 31.6 Å². The second-order valence-corrected chi connectivity index (χ2v) is 5.10. The van der Waals surface area contributed by atoms with E-state index < -0.39 is 0 Å². The van der Waals surface area contributed by atoms with Gasteiger partial charge in [0.2, 0.25) is 5.91 Å². The highest BCUT2D eigenvalue weighted by atomic mass is 16.5. The maximum atomic E-state index is 12.1. The molecule has 0 spiro atoms. The minimum Gasteiger partial charge on any atom is -0.465 e. The van der Waals surface area contributed by atoms with E-state index >= 15 is 0 Å². The molecule has 1 saturated heterocycles. The fourth-order valence-electron chi connectivity index (χ4n) is 2.39. The number of hydrogen-bond acceptors (Lipinski definition) is 4. The number of esters is 1. The first kappa shape index (κ1) is 14.5. The molecule has 1 fully saturated rings. The Kier molecular flexibility index (Phi) is 4.39. The third-order valence-electron chi connectivity index (χ3n) is 3.72. The van der Waals surface area contributed by atoms with Crippen molar-refractivity contribution in [3.63, 3.8) is 0 Å². The maximum Gasteiger partial charge on any atom is 0.338 e. The third kappa shape index (κ3) is 2.99. The molecule has 20 heavy (non-hydrogen) atoms. The molecule has 1 atom stereocenters. The molecule has 1 aliphatic rings. The normalized spacial score (nSPS) is 17.9. The summed E-state index contributed by atoms with van der Waals surface area (Å²) in [5.74, 6) is -0.442. The monoisotopic (exact) mass is 276 g/mol. The number of amides is 1. The van der Waals surface area contributed by atoms with Crippen LogP contribution in [0.2, 0.25) is 0 Å². The molecule has 2 N–H and O–H groups in total. The molecule has 1 unspecified atom stereocenters. The van der Waals surface area contributed by atoms with Crippen LogP contribution in [0.5, 0.6) is 0 Å². The molecule has 5 heteroatoms. The summed E-state index contributed by atoms with van der Waals surface area (Å²) < 4.78 is 4.77. The quantitative estimate of drug-likeness (QED) is 0.826. The van der Waals surface area contributed by atoms with E-state index in [2.05, 4.69) is 10.6 Å². The number of aryl methyl sites for hydroxylation is 1. The average molecular weight is 276 g/mol. The van der Waals surface area contributed by atoms with Crippen molar-refractivity contribution >= 4 is 17.6 Å². The standard InChI is InChI=1S/C15H20N2O3/c1-9-7-11(8-12(10(9)2)15(19)20-3)17-14(18)13-5-4-6-16-13/h7-8,13,16H,4-6H2,1-3H3,(H,17,18). The van der Waals surface area contributed by atoms with Gasteiger partial charge in [-0.1, -0.05) is 0 Å². The SMILES string of the molecule is COC(=O)c1cc(NC(=O)C2CCCN2)cc(C)c1C. The number of carbonyl (C=O) groups excluding carboxylic acids is 2. The van der Waals surface area contributed by atoms with Crippen LogP contribution in [0.15, 0.2) is 12.1 Å². The van der Waals surface area contributed by atoms with Gasteiger partial charge < -0.3 is 15.4 Å². The fraction of sp³-hybridized carbons (Fsp3) is 0.467. The van der Waals surface area contributed by atoms with Crippen molar-refractivity contribution in [2.24, 2.45) is 0 Å². The number of hydrogen-bond donors (Lipinski definition) is 2. The van der Waals surface area contributed by atoms with E-state index in [0.29, 0.717) is 11.3 Å². The number of ether oxygens (including phenoxy) is 1. The molecule has 1 aromatic carbocycles. The minimum absolute atomic E-state index is 0.0541. The predicted octanol–water partition coefficient (Wildman–Crippen LogP) is 1.78. The molecule has 0 aromatic heterocycles. The van der Waals surface area contributed by atoms with Gasteiger partial charge in [-0.3, -0.25) is 4.79 Å². The largest absolute Gasteiger partial charge is 0.465 e. The number of carbonyl (C=O) groups is 2. The van der Waals surface area contributed by atoms with Crippen LogP contribution in [0.1, 0.15) is 34.3 Å². The Morgan fingerprint density at radius 2 is 2.10 bits per heavy atom. The summed E-state index contributed by atoms with van der Waals surface area (Å²) in [5, 5.41) is 6.01. The van der Waals surface area contributed by atoms with E-state index in [9.17, 15) is 9.59 Å². The molecule has 1 heterocycles. The molecule has 2 rings (SSSR count). The molecule has 0 radical (unpaired) electrons. The highest BCUT2D eigenvalue weighted by Crippen LogP contribution is 2.21. The van der Waals surface area contributed by atoms with Crippen molar-refractivity contribution in [3.8, 4) is 0 Å². The number of methoxy groups -OCH3 is 1. The molecule has 0 bridgehead atoms. The van der Waals surface area contributed by atoms with Crippen molar-refractivity contribution in [1.82, 2.24) is 5.32 Å². The van der Waals surface area contributed by atoms with Gasteiger partial charge in [0.05, 0.1) is 18.7 Å². The van der Waals surface area contributed by atoms with Gasteiger partial charge in [-0.2, -0.15) is 0 Å². The first-order chi connectivity index (χ1) is 9.52. The Balaban J connectivity index is 2.21. The summed E-state index contributed by atoms with van der Waals surface area (Å²) in [7, 11) is 1.35. The summed E-state index contributed by atoms with van der Waals surface area (Å²) in [6.45, 7) is 4.65. The van der Waals surface area contributed by atoms with E-state index in [-0.39, 0.29) is 17.9 Å². The molecular formula is C15H20N2O3. The summed E-state index contributed by atoms with van der Waals surface area (Å²) in [4.78, 5) is 23.8. The van der Waals surface area contributed by atoms with Crippen molar-refractivity contribution in [3.05, 3.63) is 28.8 Å². The van der Waals surface area contributed by atoms with Gasteiger partial charge in [0, 0.05) is 5.69 Å². The lowest BCUT2D eigenvalue weighted by Gasteiger charge is -2.14. The molecular weight excluding hydrogens is 256 g/mol. The fourth-order valence-corrected chi connectivity index (χ4v) is 2.39. The van der Waals surface area contributed by atoms with Gasteiger partial charge in [-0.25, -0.2) is 4.79 Å². The Hall–Kier alpha value is -1.88. The zero-order valence-corrected chi connectivity index (χ0v) is 12.1. The average Bonchev–Trinajstić information content (AvgIpc) is 2.96. The lowest BCUT2D eigenvalue weighted by Crippen LogP contribution is -2.35. The van der Waals surface area contributed by atoms with Crippen LogP contribution in [0.3, 0.4) is 0 Å². The first-order valence-corrected chi connectivity index (χ1v) is 6.76. The molecule has 0 saturated carbocycles. The van der Waals surface area contributed by atoms with E-state index in [1.54, 1.807) is 6.07 Å². The summed E-state index contributed by atoms with van der Waals surface area (Å²) >= 11 is 0. The van der Waals surface area contributed by atoms with Crippen molar-refractivity contribution < 1.29 is 14.3 Å². The van der Waals surface area contributed by atoms with Gasteiger partial charge in [-0.15, -0.1) is 0 Å². The second kappa shape index (κ2) is 6.05. The maximum absolute atomic E-state index is 12.1. The molecule has 1 amide bonds. The lowest BCUT2D eigenvalue weighted by molar-refractivity contribution is -0.117. The number of rotatable bonds is 3. The molecule has 0 aliphatic carbocycles. The van der Waals surface area contributed by atoms with Crippen LogP contribution in [0.4, 0.5) is 5.69 Å². The van der Waals surface area contributed by atoms with E-state index in [0.717, 1.165) is 30.5 Å². The first-order valence-electron chi connectivity index (χ1n) is 6.76.